The SMILES string of the molecule is COC(=O)c1ccc(COC2CC2)cc1F. The smallest absolute Gasteiger partial charge is 0.340 e. The Labute approximate surface area is 93.2 Å². The van der Waals surface area contributed by atoms with Gasteiger partial charge in [0.05, 0.1) is 25.4 Å². The van der Waals surface area contributed by atoms with Gasteiger partial charge in [-0.05, 0) is 30.5 Å². The average Bonchev–Trinajstić information content (AvgIpc) is 3.09. The topological polar surface area (TPSA) is 35.5 Å². The molecule has 4 heteroatoms. The Balaban J connectivity index is 2.05. The third-order valence-corrected chi connectivity index (χ3v) is 2.45. The third-order valence-electron chi connectivity index (χ3n) is 2.45. The lowest BCUT2D eigenvalue weighted by Gasteiger charge is -2.05. The summed E-state index contributed by atoms with van der Waals surface area (Å²) in [6.07, 6.45) is 2.51. The molecule has 86 valence electrons. The average molecular weight is 224 g/mol. The number of carbonyl (C=O) groups is 1. The van der Waals surface area contributed by atoms with E-state index in [-0.39, 0.29) is 5.56 Å². The molecule has 1 saturated carbocycles. The van der Waals surface area contributed by atoms with Gasteiger partial charge < -0.3 is 9.47 Å². The van der Waals surface area contributed by atoms with Gasteiger partial charge in [0.15, 0.2) is 0 Å². The summed E-state index contributed by atoms with van der Waals surface area (Å²) in [6.45, 7) is 0.392. The molecule has 1 fully saturated rings. The fourth-order valence-corrected chi connectivity index (χ4v) is 1.37. The van der Waals surface area contributed by atoms with Gasteiger partial charge in [-0.2, -0.15) is 0 Å². The van der Waals surface area contributed by atoms with Crippen molar-refractivity contribution in [1.82, 2.24) is 0 Å². The van der Waals surface area contributed by atoms with E-state index in [9.17, 15) is 9.18 Å². The monoisotopic (exact) mass is 224 g/mol. The number of hydrogen-bond acceptors (Lipinski definition) is 3. The Morgan fingerprint density at radius 1 is 1.50 bits per heavy atom. The number of benzene rings is 1. The molecule has 0 aromatic heterocycles. The van der Waals surface area contributed by atoms with Crippen molar-refractivity contribution in [3.05, 3.63) is 35.1 Å². The molecule has 1 aromatic rings. The van der Waals surface area contributed by atoms with Crippen LogP contribution in [-0.2, 0) is 16.1 Å². The van der Waals surface area contributed by atoms with Crippen LogP contribution in [0.25, 0.3) is 0 Å². The third kappa shape index (κ3) is 2.58. The Morgan fingerprint density at radius 2 is 2.25 bits per heavy atom. The van der Waals surface area contributed by atoms with Crippen molar-refractivity contribution in [3.63, 3.8) is 0 Å². The van der Waals surface area contributed by atoms with Gasteiger partial charge in [0, 0.05) is 0 Å². The van der Waals surface area contributed by atoms with Crippen LogP contribution >= 0.6 is 0 Å². The van der Waals surface area contributed by atoms with Crippen LogP contribution in [0.15, 0.2) is 18.2 Å². The van der Waals surface area contributed by atoms with Crippen LogP contribution in [-0.4, -0.2) is 19.2 Å². The van der Waals surface area contributed by atoms with Gasteiger partial charge in [-0.25, -0.2) is 9.18 Å². The minimum atomic E-state index is -0.660. The van der Waals surface area contributed by atoms with E-state index in [0.29, 0.717) is 12.7 Å². The number of carbonyl (C=O) groups excluding carboxylic acids is 1. The van der Waals surface area contributed by atoms with Crippen LogP contribution in [0.5, 0.6) is 0 Å². The number of rotatable bonds is 4. The lowest BCUT2D eigenvalue weighted by atomic mass is 10.1. The van der Waals surface area contributed by atoms with Crippen LogP contribution in [0.3, 0.4) is 0 Å². The van der Waals surface area contributed by atoms with E-state index in [1.165, 1.54) is 19.2 Å². The second-order valence-corrected chi connectivity index (χ2v) is 3.82. The molecule has 0 amide bonds. The molecule has 0 saturated heterocycles. The molecular weight excluding hydrogens is 211 g/mol. The first-order valence-electron chi connectivity index (χ1n) is 5.19. The number of ether oxygens (including phenoxy) is 2. The molecule has 0 radical (unpaired) electrons. The maximum absolute atomic E-state index is 13.5. The van der Waals surface area contributed by atoms with Crippen molar-refractivity contribution in [2.45, 2.75) is 25.6 Å². The summed E-state index contributed by atoms with van der Waals surface area (Å²) < 4.78 is 23.4. The van der Waals surface area contributed by atoms with Gasteiger partial charge in [0.1, 0.15) is 5.82 Å². The molecule has 0 unspecified atom stereocenters. The van der Waals surface area contributed by atoms with E-state index < -0.39 is 11.8 Å². The van der Waals surface area contributed by atoms with Gasteiger partial charge in [-0.3, -0.25) is 0 Å². The van der Waals surface area contributed by atoms with Crippen LogP contribution < -0.4 is 0 Å². The molecular formula is C12H13FO3. The second kappa shape index (κ2) is 4.61. The first kappa shape index (κ1) is 11.1. The van der Waals surface area contributed by atoms with Crippen molar-refractivity contribution < 1.29 is 18.7 Å². The standard InChI is InChI=1S/C12H13FO3/c1-15-12(14)10-5-2-8(6-11(10)13)7-16-9-3-4-9/h2,5-6,9H,3-4,7H2,1H3. The van der Waals surface area contributed by atoms with E-state index in [0.717, 1.165) is 18.4 Å². The molecule has 0 spiro atoms. The maximum Gasteiger partial charge on any atom is 0.340 e. The Bertz CT molecular complexity index is 399. The summed E-state index contributed by atoms with van der Waals surface area (Å²) >= 11 is 0. The van der Waals surface area contributed by atoms with Gasteiger partial charge in [-0.15, -0.1) is 0 Å². The zero-order valence-corrected chi connectivity index (χ0v) is 9.03. The van der Waals surface area contributed by atoms with Gasteiger partial charge in [0.25, 0.3) is 0 Å². The number of esters is 1. The summed E-state index contributed by atoms with van der Waals surface area (Å²) in [5, 5.41) is 0. The highest BCUT2D eigenvalue weighted by molar-refractivity contribution is 5.89. The van der Waals surface area contributed by atoms with Gasteiger partial charge in [-0.1, -0.05) is 6.07 Å². The minimum absolute atomic E-state index is 0.0438. The van der Waals surface area contributed by atoms with E-state index in [4.69, 9.17) is 4.74 Å². The Morgan fingerprint density at radius 3 is 2.81 bits per heavy atom. The summed E-state index contributed by atoms with van der Waals surface area (Å²) in [7, 11) is 1.23. The second-order valence-electron chi connectivity index (χ2n) is 3.82. The fourth-order valence-electron chi connectivity index (χ4n) is 1.37. The predicted molar refractivity (Wildman–Crippen MR) is 55.6 cm³/mol. The minimum Gasteiger partial charge on any atom is -0.465 e. The summed E-state index contributed by atoms with van der Waals surface area (Å²) in [4.78, 5) is 11.1. The van der Waals surface area contributed by atoms with Crippen molar-refractivity contribution in [3.8, 4) is 0 Å². The lowest BCUT2D eigenvalue weighted by molar-refractivity contribution is 0.0595. The highest BCUT2D eigenvalue weighted by Crippen LogP contribution is 2.25. The maximum atomic E-state index is 13.5. The predicted octanol–water partition coefficient (Wildman–Crippen LogP) is 2.29. The van der Waals surface area contributed by atoms with Crippen molar-refractivity contribution >= 4 is 5.97 Å². The number of halogens is 1. The zero-order chi connectivity index (χ0) is 11.5. The molecule has 1 aliphatic rings. The van der Waals surface area contributed by atoms with Crippen molar-refractivity contribution in [2.75, 3.05) is 7.11 Å². The Hall–Kier alpha value is -1.42. The van der Waals surface area contributed by atoms with Gasteiger partial charge in [0.2, 0.25) is 0 Å². The van der Waals surface area contributed by atoms with Crippen molar-refractivity contribution in [2.24, 2.45) is 0 Å². The summed E-state index contributed by atoms with van der Waals surface area (Å²) in [6, 6.07) is 4.42. The van der Waals surface area contributed by atoms with Crippen LogP contribution in [0.1, 0.15) is 28.8 Å². The van der Waals surface area contributed by atoms with Crippen molar-refractivity contribution in [1.29, 1.82) is 0 Å². The highest BCUT2D eigenvalue weighted by Gasteiger charge is 2.22. The van der Waals surface area contributed by atoms with E-state index in [1.54, 1.807) is 6.07 Å². The number of methoxy groups -OCH3 is 1. The molecule has 0 heterocycles. The molecule has 0 N–H and O–H groups in total. The molecule has 3 nitrogen and oxygen atoms in total. The van der Waals surface area contributed by atoms with Crippen LogP contribution in [0, 0.1) is 5.82 Å². The Kier molecular flexibility index (Phi) is 3.19. The molecule has 1 aromatic carbocycles. The highest BCUT2D eigenvalue weighted by atomic mass is 19.1. The van der Waals surface area contributed by atoms with E-state index in [1.807, 2.05) is 0 Å². The lowest BCUT2D eigenvalue weighted by Crippen LogP contribution is -2.05. The first-order valence-corrected chi connectivity index (χ1v) is 5.19. The number of hydrogen-bond donors (Lipinski definition) is 0. The zero-order valence-electron chi connectivity index (χ0n) is 9.03. The van der Waals surface area contributed by atoms with Crippen LogP contribution in [0.4, 0.5) is 4.39 Å². The summed E-state index contributed by atoms with van der Waals surface area (Å²) in [5.41, 5.74) is 0.690. The molecule has 1 aliphatic carbocycles. The van der Waals surface area contributed by atoms with Gasteiger partial charge >= 0.3 is 5.97 Å². The fraction of sp³-hybridized carbons (Fsp3) is 0.417. The molecule has 0 atom stereocenters. The van der Waals surface area contributed by atoms with E-state index in [2.05, 4.69) is 4.74 Å². The quantitative estimate of drug-likeness (QED) is 0.736. The normalized spacial score (nSPS) is 14.9. The van der Waals surface area contributed by atoms with E-state index >= 15 is 0 Å². The molecule has 0 bridgehead atoms. The largest absolute Gasteiger partial charge is 0.465 e. The molecule has 0 aliphatic heterocycles. The summed E-state index contributed by atoms with van der Waals surface area (Å²) in [5.74, 6) is -1.23. The first-order chi connectivity index (χ1) is 7.70. The molecule has 16 heavy (non-hydrogen) atoms. The molecule has 2 rings (SSSR count). The van der Waals surface area contributed by atoms with Crippen LogP contribution in [0.2, 0.25) is 0 Å².